The van der Waals surface area contributed by atoms with Gasteiger partial charge in [0.05, 0.1) is 0 Å². The van der Waals surface area contributed by atoms with Crippen molar-refractivity contribution in [2.75, 3.05) is 26.2 Å². The molecule has 1 atom stereocenters. The quantitative estimate of drug-likeness (QED) is 0.766. The number of likely N-dealkylation sites (tertiary alicyclic amines) is 1. The van der Waals surface area contributed by atoms with Crippen molar-refractivity contribution in [2.24, 2.45) is 5.92 Å². The van der Waals surface area contributed by atoms with Crippen LogP contribution in [0.15, 0.2) is 0 Å². The molecule has 0 bridgehead atoms. The molecule has 0 aromatic heterocycles. The van der Waals surface area contributed by atoms with Gasteiger partial charge >= 0.3 is 0 Å². The molecule has 1 aliphatic carbocycles. The van der Waals surface area contributed by atoms with Crippen molar-refractivity contribution in [3.05, 3.63) is 0 Å². The number of hydrogen-bond acceptors (Lipinski definition) is 3. The van der Waals surface area contributed by atoms with E-state index in [1.165, 1.54) is 51.6 Å². The van der Waals surface area contributed by atoms with Gasteiger partial charge in [-0.2, -0.15) is 0 Å². The average molecular weight is 240 g/mol. The molecule has 1 aliphatic heterocycles. The Morgan fingerprint density at radius 3 is 2.53 bits per heavy atom. The molecule has 2 rings (SSSR count). The molecule has 0 aromatic carbocycles. The first kappa shape index (κ1) is 13.3. The predicted octanol–water partition coefficient (Wildman–Crippen LogP) is 1.61. The van der Waals surface area contributed by atoms with Crippen LogP contribution in [0.5, 0.6) is 0 Å². The summed E-state index contributed by atoms with van der Waals surface area (Å²) in [4.78, 5) is 2.62. The summed E-state index contributed by atoms with van der Waals surface area (Å²) in [7, 11) is 0. The lowest BCUT2D eigenvalue weighted by Gasteiger charge is -2.35. The summed E-state index contributed by atoms with van der Waals surface area (Å²) in [5.74, 6) is 0.547. The van der Waals surface area contributed by atoms with Gasteiger partial charge in [-0.1, -0.05) is 6.92 Å². The van der Waals surface area contributed by atoms with Crippen molar-refractivity contribution in [2.45, 2.75) is 57.5 Å². The normalized spacial score (nSPS) is 35.3. The summed E-state index contributed by atoms with van der Waals surface area (Å²) in [6.07, 6.45) is 7.81. The van der Waals surface area contributed by atoms with Crippen LogP contribution in [-0.2, 0) is 0 Å². The Labute approximate surface area is 106 Å². The van der Waals surface area contributed by atoms with E-state index in [4.69, 9.17) is 0 Å². The molecule has 100 valence electrons. The lowest BCUT2D eigenvalue weighted by Crippen LogP contribution is -2.41. The van der Waals surface area contributed by atoms with E-state index in [0.717, 1.165) is 18.6 Å². The van der Waals surface area contributed by atoms with E-state index in [1.54, 1.807) is 0 Å². The molecule has 0 radical (unpaired) electrons. The van der Waals surface area contributed by atoms with Gasteiger partial charge in [-0.05, 0) is 57.5 Å². The summed E-state index contributed by atoms with van der Waals surface area (Å²) in [5, 5.41) is 12.8. The second kappa shape index (κ2) is 6.72. The number of hydrogen-bond donors (Lipinski definition) is 2. The molecular formula is C14H28N2O. The molecular weight excluding hydrogens is 212 g/mol. The zero-order chi connectivity index (χ0) is 12.1. The molecule has 0 amide bonds. The van der Waals surface area contributed by atoms with Gasteiger partial charge in [0.2, 0.25) is 0 Å². The maximum atomic E-state index is 9.18. The first-order valence-electron chi connectivity index (χ1n) is 7.41. The molecule has 2 fully saturated rings. The number of rotatable bonds is 5. The van der Waals surface area contributed by atoms with Crippen molar-refractivity contribution < 1.29 is 5.11 Å². The average Bonchev–Trinajstić information content (AvgIpc) is 2.86. The maximum absolute atomic E-state index is 9.18. The third-order valence-electron chi connectivity index (χ3n) is 4.47. The Morgan fingerprint density at radius 2 is 1.94 bits per heavy atom. The van der Waals surface area contributed by atoms with Crippen molar-refractivity contribution in [3.8, 4) is 0 Å². The summed E-state index contributed by atoms with van der Waals surface area (Å²) < 4.78 is 0. The second-order valence-electron chi connectivity index (χ2n) is 5.79. The van der Waals surface area contributed by atoms with Gasteiger partial charge in [0.1, 0.15) is 0 Å². The van der Waals surface area contributed by atoms with Crippen LogP contribution in [0.25, 0.3) is 0 Å². The fourth-order valence-corrected chi connectivity index (χ4v) is 3.34. The molecule has 0 aromatic rings. The molecule has 1 unspecified atom stereocenters. The van der Waals surface area contributed by atoms with Crippen molar-refractivity contribution >= 4 is 0 Å². The molecule has 17 heavy (non-hydrogen) atoms. The Bertz CT molecular complexity index is 214. The lowest BCUT2D eigenvalue weighted by atomic mass is 9.90. The molecule has 1 heterocycles. The molecule has 1 saturated carbocycles. The van der Waals surface area contributed by atoms with Crippen LogP contribution in [0.2, 0.25) is 0 Å². The van der Waals surface area contributed by atoms with Gasteiger partial charge in [-0.3, -0.25) is 0 Å². The largest absolute Gasteiger partial charge is 0.396 e. The topological polar surface area (TPSA) is 35.5 Å². The van der Waals surface area contributed by atoms with Gasteiger partial charge in [-0.15, -0.1) is 0 Å². The Kier molecular flexibility index (Phi) is 5.26. The van der Waals surface area contributed by atoms with Gasteiger partial charge in [-0.25, -0.2) is 0 Å². The molecule has 1 saturated heterocycles. The van der Waals surface area contributed by atoms with Crippen molar-refractivity contribution in [1.29, 1.82) is 0 Å². The van der Waals surface area contributed by atoms with Crippen LogP contribution in [0.4, 0.5) is 0 Å². The lowest BCUT2D eigenvalue weighted by molar-refractivity contribution is 0.157. The monoisotopic (exact) mass is 240 g/mol. The van der Waals surface area contributed by atoms with Crippen LogP contribution in [0, 0.1) is 5.92 Å². The Balaban J connectivity index is 1.68. The minimum absolute atomic E-state index is 0.379. The van der Waals surface area contributed by atoms with Crippen LogP contribution in [0.1, 0.15) is 45.4 Å². The van der Waals surface area contributed by atoms with Crippen LogP contribution >= 0.6 is 0 Å². The second-order valence-corrected chi connectivity index (χ2v) is 5.79. The van der Waals surface area contributed by atoms with Crippen molar-refractivity contribution in [3.63, 3.8) is 0 Å². The summed E-state index contributed by atoms with van der Waals surface area (Å²) in [6, 6.07) is 1.56. The third kappa shape index (κ3) is 3.67. The van der Waals surface area contributed by atoms with Crippen LogP contribution < -0.4 is 5.32 Å². The van der Waals surface area contributed by atoms with Gasteiger partial charge < -0.3 is 15.3 Å². The van der Waals surface area contributed by atoms with E-state index in [2.05, 4.69) is 17.1 Å². The van der Waals surface area contributed by atoms with Crippen molar-refractivity contribution in [1.82, 2.24) is 10.2 Å². The number of nitrogens with zero attached hydrogens (tertiary/aromatic N) is 1. The highest BCUT2D eigenvalue weighted by Crippen LogP contribution is 2.27. The molecule has 0 spiro atoms. The highest BCUT2D eigenvalue weighted by Gasteiger charge is 2.30. The van der Waals surface area contributed by atoms with E-state index in [1.807, 2.05) is 0 Å². The van der Waals surface area contributed by atoms with Gasteiger partial charge in [0.25, 0.3) is 0 Å². The molecule has 3 nitrogen and oxygen atoms in total. The van der Waals surface area contributed by atoms with E-state index in [9.17, 15) is 5.11 Å². The predicted molar refractivity (Wildman–Crippen MR) is 71.1 cm³/mol. The Morgan fingerprint density at radius 1 is 1.18 bits per heavy atom. The molecule has 3 heteroatoms. The molecule has 2 N–H and O–H groups in total. The highest BCUT2D eigenvalue weighted by molar-refractivity contribution is 4.86. The van der Waals surface area contributed by atoms with E-state index >= 15 is 0 Å². The fourth-order valence-electron chi connectivity index (χ4n) is 3.34. The summed E-state index contributed by atoms with van der Waals surface area (Å²) in [6.45, 7) is 6.13. The molecule has 2 aliphatic rings. The van der Waals surface area contributed by atoms with Crippen LogP contribution in [0.3, 0.4) is 0 Å². The van der Waals surface area contributed by atoms with Gasteiger partial charge in [0.15, 0.2) is 0 Å². The van der Waals surface area contributed by atoms with E-state index < -0.39 is 0 Å². The maximum Gasteiger partial charge on any atom is 0.0471 e. The van der Waals surface area contributed by atoms with E-state index in [0.29, 0.717) is 12.5 Å². The number of aliphatic hydroxyl groups is 1. The summed E-state index contributed by atoms with van der Waals surface area (Å²) in [5.41, 5.74) is 0. The van der Waals surface area contributed by atoms with E-state index in [-0.39, 0.29) is 0 Å². The third-order valence-corrected chi connectivity index (χ3v) is 4.47. The first-order chi connectivity index (χ1) is 8.33. The minimum Gasteiger partial charge on any atom is -0.396 e. The summed E-state index contributed by atoms with van der Waals surface area (Å²) >= 11 is 0. The zero-order valence-corrected chi connectivity index (χ0v) is 11.2. The number of aliphatic hydroxyl groups excluding tert-OH is 1. The smallest absolute Gasteiger partial charge is 0.0471 e. The Hall–Kier alpha value is -0.120. The standard InChI is InChI=1S/C14H28N2O/c1-2-8-15-13-3-5-14(6-4-13)16-9-7-12(10-16)11-17/h12-15,17H,2-11H2,1H3. The minimum atomic E-state index is 0.379. The fraction of sp³-hybridized carbons (Fsp3) is 1.00. The van der Waals surface area contributed by atoms with Gasteiger partial charge in [0, 0.05) is 25.2 Å². The SMILES string of the molecule is CCCNC1CCC(N2CCC(CO)C2)CC1. The number of nitrogens with one attached hydrogen (secondary N) is 1. The zero-order valence-electron chi connectivity index (χ0n) is 11.2. The first-order valence-corrected chi connectivity index (χ1v) is 7.41. The van der Waals surface area contributed by atoms with Crippen LogP contribution in [-0.4, -0.2) is 48.3 Å². The highest BCUT2D eigenvalue weighted by atomic mass is 16.3.